The van der Waals surface area contributed by atoms with E-state index in [0.29, 0.717) is 19.8 Å². The van der Waals surface area contributed by atoms with Crippen LogP contribution in [-0.2, 0) is 18.0 Å². The highest BCUT2D eigenvalue weighted by Gasteiger charge is 2.43. The van der Waals surface area contributed by atoms with Crippen molar-refractivity contribution in [1.82, 2.24) is 4.90 Å². The Bertz CT molecular complexity index is 259. The van der Waals surface area contributed by atoms with Crippen molar-refractivity contribution in [2.24, 2.45) is 0 Å². The maximum atomic E-state index is 6.21. The van der Waals surface area contributed by atoms with E-state index in [2.05, 4.69) is 6.58 Å². The third kappa shape index (κ3) is 5.62. The normalized spacial score (nSPS) is 23.4. The van der Waals surface area contributed by atoms with Gasteiger partial charge in [0.15, 0.2) is 0 Å². The molecule has 1 heterocycles. The third-order valence-electron chi connectivity index (χ3n) is 2.95. The lowest BCUT2D eigenvalue weighted by Crippen LogP contribution is -2.52. The molecule has 1 rings (SSSR count). The highest BCUT2D eigenvalue weighted by molar-refractivity contribution is 6.60. The first-order valence-electron chi connectivity index (χ1n) is 7.02. The highest BCUT2D eigenvalue weighted by Crippen LogP contribution is 2.22. The Hall–Kier alpha value is -0.403. The van der Waals surface area contributed by atoms with Crippen LogP contribution in [0.3, 0.4) is 0 Å². The third-order valence-corrected chi connectivity index (χ3v) is 6.07. The summed E-state index contributed by atoms with van der Waals surface area (Å²) < 4.78 is 23.6. The molecule has 0 aromatic heterocycles. The number of hydrogen-bond donors (Lipinski definition) is 0. The fraction of sp³-hybridized carbons (Fsp3) is 0.846. The summed E-state index contributed by atoms with van der Waals surface area (Å²) in [6.45, 7) is 11.0. The minimum atomic E-state index is -2.55. The van der Waals surface area contributed by atoms with Crippen LogP contribution in [0.4, 0.5) is 0 Å². The minimum absolute atomic E-state index is 0.0342. The van der Waals surface area contributed by atoms with E-state index in [0.717, 1.165) is 25.6 Å². The van der Waals surface area contributed by atoms with Gasteiger partial charge in [-0.2, -0.15) is 0 Å². The summed E-state index contributed by atoms with van der Waals surface area (Å²) in [4.78, 5) is 1.99. The van der Waals surface area contributed by atoms with Crippen molar-refractivity contribution < 1.29 is 18.0 Å². The van der Waals surface area contributed by atoms with Gasteiger partial charge in [-0.15, -0.1) is 0 Å². The second-order valence-electron chi connectivity index (χ2n) is 4.59. The van der Waals surface area contributed by atoms with E-state index in [4.69, 9.17) is 18.0 Å². The summed E-state index contributed by atoms with van der Waals surface area (Å²) in [5.74, 6) is 0. The molecule has 1 atom stereocenters. The molecule has 6 heteroatoms. The van der Waals surface area contributed by atoms with Crippen molar-refractivity contribution in [2.75, 3.05) is 40.0 Å². The maximum absolute atomic E-state index is 6.21. The van der Waals surface area contributed by atoms with Crippen molar-refractivity contribution in [1.29, 1.82) is 0 Å². The Morgan fingerprint density at radius 1 is 1.37 bits per heavy atom. The first-order valence-corrected chi connectivity index (χ1v) is 8.95. The maximum Gasteiger partial charge on any atom is 0.501 e. The molecule has 1 saturated heterocycles. The van der Waals surface area contributed by atoms with Crippen molar-refractivity contribution in [2.45, 2.75) is 32.4 Å². The molecule has 0 bridgehead atoms. The number of ether oxygens (including phenoxy) is 1. The van der Waals surface area contributed by atoms with E-state index in [-0.39, 0.29) is 6.10 Å². The highest BCUT2D eigenvalue weighted by atomic mass is 28.4. The second-order valence-corrected chi connectivity index (χ2v) is 7.27. The van der Waals surface area contributed by atoms with Gasteiger partial charge in [-0.25, -0.2) is 0 Å². The lowest BCUT2D eigenvalue weighted by Gasteiger charge is -2.35. The molecule has 0 amide bonds. The Morgan fingerprint density at radius 3 is 2.63 bits per heavy atom. The molecule has 0 N–H and O–H groups in total. The smallest absolute Gasteiger partial charge is 0.379 e. The first kappa shape index (κ1) is 16.7. The molecule has 5 nitrogen and oxygen atoms in total. The van der Waals surface area contributed by atoms with Crippen molar-refractivity contribution in [3.8, 4) is 0 Å². The number of nitrogens with zero attached hydrogens (tertiary/aromatic N) is 1. The summed E-state index contributed by atoms with van der Waals surface area (Å²) >= 11 is 0. The van der Waals surface area contributed by atoms with Crippen LogP contribution in [0, 0.1) is 0 Å². The predicted octanol–water partition coefficient (Wildman–Crippen LogP) is 1.88. The number of hydrogen-bond acceptors (Lipinski definition) is 5. The average Bonchev–Trinajstić information content (AvgIpc) is 2.36. The molecule has 0 aromatic rings. The van der Waals surface area contributed by atoms with E-state index < -0.39 is 8.80 Å². The van der Waals surface area contributed by atoms with E-state index in [1.54, 1.807) is 6.20 Å². The van der Waals surface area contributed by atoms with Gasteiger partial charge in [-0.3, -0.25) is 0 Å². The van der Waals surface area contributed by atoms with Crippen LogP contribution in [0.5, 0.6) is 0 Å². The molecule has 19 heavy (non-hydrogen) atoms. The first-order chi connectivity index (χ1) is 9.15. The monoisotopic (exact) mass is 289 g/mol. The topological polar surface area (TPSA) is 40.2 Å². The van der Waals surface area contributed by atoms with E-state index >= 15 is 0 Å². The van der Waals surface area contributed by atoms with Gasteiger partial charge < -0.3 is 22.9 Å². The van der Waals surface area contributed by atoms with Crippen LogP contribution in [0.1, 0.15) is 20.3 Å². The Balaban J connectivity index is 2.72. The molecule has 112 valence electrons. The van der Waals surface area contributed by atoms with Crippen LogP contribution in [-0.4, -0.2) is 59.8 Å². The SMILES string of the molecule is C=CN(C)CC1COCCC[Si](OCC)(OCC)O1. The number of likely N-dealkylation sites (N-methyl/N-ethyl adjacent to an activating group) is 1. The molecule has 1 unspecified atom stereocenters. The van der Waals surface area contributed by atoms with E-state index in [9.17, 15) is 0 Å². The fourth-order valence-electron chi connectivity index (χ4n) is 2.13. The largest absolute Gasteiger partial charge is 0.501 e. The molecule has 1 aliphatic heterocycles. The van der Waals surface area contributed by atoms with Crippen molar-refractivity contribution in [3.05, 3.63) is 12.8 Å². The Labute approximate surface area is 117 Å². The van der Waals surface area contributed by atoms with Crippen LogP contribution < -0.4 is 0 Å². The van der Waals surface area contributed by atoms with Gasteiger partial charge in [-0.1, -0.05) is 6.58 Å². The zero-order valence-corrected chi connectivity index (χ0v) is 13.4. The quantitative estimate of drug-likeness (QED) is 0.669. The molecule has 0 aromatic carbocycles. The fourth-order valence-corrected chi connectivity index (χ4v) is 4.87. The predicted molar refractivity (Wildman–Crippen MR) is 76.9 cm³/mol. The van der Waals surface area contributed by atoms with Crippen LogP contribution >= 0.6 is 0 Å². The van der Waals surface area contributed by atoms with E-state index in [1.807, 2.05) is 25.8 Å². The van der Waals surface area contributed by atoms with E-state index in [1.165, 1.54) is 0 Å². The minimum Gasteiger partial charge on any atom is -0.379 e. The van der Waals surface area contributed by atoms with Crippen LogP contribution in [0.2, 0.25) is 6.04 Å². The molecular weight excluding hydrogens is 262 g/mol. The van der Waals surface area contributed by atoms with Gasteiger partial charge in [0.05, 0.1) is 12.7 Å². The Kier molecular flexibility index (Phi) is 7.63. The summed E-state index contributed by atoms with van der Waals surface area (Å²) in [5, 5.41) is 0. The van der Waals surface area contributed by atoms with Gasteiger partial charge in [0.25, 0.3) is 0 Å². The summed E-state index contributed by atoms with van der Waals surface area (Å²) in [7, 11) is -0.577. The Morgan fingerprint density at radius 2 is 2.05 bits per heavy atom. The van der Waals surface area contributed by atoms with Gasteiger partial charge in [0.1, 0.15) is 0 Å². The molecule has 1 aliphatic rings. The lowest BCUT2D eigenvalue weighted by molar-refractivity contribution is -0.0307. The summed E-state index contributed by atoms with van der Waals surface area (Å²) in [6, 6.07) is 0.822. The van der Waals surface area contributed by atoms with Crippen molar-refractivity contribution >= 4 is 8.80 Å². The van der Waals surface area contributed by atoms with Crippen molar-refractivity contribution in [3.63, 3.8) is 0 Å². The second kappa shape index (κ2) is 8.71. The zero-order chi connectivity index (χ0) is 14.1. The standard InChI is InChI=1S/C13H27NO4Si/c1-5-14(4)11-13-12-15-9-8-10-19(18-13,16-6-2)17-7-3/h5,13H,1,6-12H2,2-4H3. The zero-order valence-electron chi connectivity index (χ0n) is 12.4. The van der Waals surface area contributed by atoms with Gasteiger partial charge in [0.2, 0.25) is 0 Å². The van der Waals surface area contributed by atoms with Crippen LogP contribution in [0.15, 0.2) is 12.8 Å². The average molecular weight is 289 g/mol. The van der Waals surface area contributed by atoms with Crippen LogP contribution in [0.25, 0.3) is 0 Å². The molecule has 0 aliphatic carbocycles. The molecule has 1 fully saturated rings. The number of rotatable bonds is 7. The molecule has 0 radical (unpaired) electrons. The molecule has 0 spiro atoms. The lowest BCUT2D eigenvalue weighted by atomic mass is 10.3. The van der Waals surface area contributed by atoms with Gasteiger partial charge >= 0.3 is 8.80 Å². The van der Waals surface area contributed by atoms with Gasteiger partial charge in [-0.05, 0) is 26.5 Å². The summed E-state index contributed by atoms with van der Waals surface area (Å²) in [5.41, 5.74) is 0. The summed E-state index contributed by atoms with van der Waals surface area (Å²) in [6.07, 6.45) is 2.68. The van der Waals surface area contributed by atoms with Gasteiger partial charge in [0, 0.05) is 39.5 Å². The molecular formula is C13H27NO4Si. The molecule has 0 saturated carbocycles.